The average Bonchev–Trinajstić information content (AvgIpc) is 2.54. The maximum absolute atomic E-state index is 11.9. The van der Waals surface area contributed by atoms with Crippen LogP contribution in [0.1, 0.15) is 31.2 Å². The van der Waals surface area contributed by atoms with Gasteiger partial charge in [0.05, 0.1) is 13.5 Å². The molecule has 22 heavy (non-hydrogen) atoms. The van der Waals surface area contributed by atoms with Gasteiger partial charge in [0.1, 0.15) is 5.75 Å². The number of hydrogen-bond donors (Lipinski definition) is 1. The molecule has 120 valence electrons. The van der Waals surface area contributed by atoms with Crippen LogP contribution in [0.25, 0.3) is 0 Å². The van der Waals surface area contributed by atoms with E-state index in [1.165, 1.54) is 5.56 Å². The van der Waals surface area contributed by atoms with Crippen molar-refractivity contribution in [3.05, 3.63) is 29.8 Å². The van der Waals surface area contributed by atoms with E-state index in [4.69, 9.17) is 9.84 Å². The number of carboxylic acids is 1. The van der Waals surface area contributed by atoms with E-state index in [1.54, 1.807) is 12.0 Å². The Hall–Kier alpha value is -2.04. The Morgan fingerprint density at radius 3 is 2.36 bits per heavy atom. The lowest BCUT2D eigenvalue weighted by Crippen LogP contribution is -2.39. The third-order valence-corrected chi connectivity index (χ3v) is 4.20. The zero-order valence-electron chi connectivity index (χ0n) is 13.0. The van der Waals surface area contributed by atoms with Crippen LogP contribution in [0.15, 0.2) is 24.3 Å². The highest BCUT2D eigenvalue weighted by atomic mass is 16.5. The van der Waals surface area contributed by atoms with Gasteiger partial charge in [0.15, 0.2) is 0 Å². The van der Waals surface area contributed by atoms with Crippen LogP contribution in [0.5, 0.6) is 5.75 Å². The van der Waals surface area contributed by atoms with Gasteiger partial charge >= 0.3 is 5.97 Å². The number of amides is 1. The van der Waals surface area contributed by atoms with Gasteiger partial charge in [-0.2, -0.15) is 0 Å². The van der Waals surface area contributed by atoms with Crippen LogP contribution < -0.4 is 4.74 Å². The van der Waals surface area contributed by atoms with Crippen molar-refractivity contribution in [1.29, 1.82) is 0 Å². The van der Waals surface area contributed by atoms with Gasteiger partial charge in [0.2, 0.25) is 5.91 Å². The molecule has 1 aliphatic rings. The van der Waals surface area contributed by atoms with Gasteiger partial charge in [0.25, 0.3) is 0 Å². The Morgan fingerprint density at radius 1 is 1.18 bits per heavy atom. The second-order valence-electron chi connectivity index (χ2n) is 5.77. The van der Waals surface area contributed by atoms with Crippen LogP contribution in [0.3, 0.4) is 0 Å². The first-order chi connectivity index (χ1) is 10.6. The van der Waals surface area contributed by atoms with E-state index in [2.05, 4.69) is 12.1 Å². The monoisotopic (exact) mass is 305 g/mol. The summed E-state index contributed by atoms with van der Waals surface area (Å²) < 4.78 is 5.15. The summed E-state index contributed by atoms with van der Waals surface area (Å²) in [6.07, 6.45) is 3.00. The SMILES string of the molecule is COc1ccc(CC2CCN(C(=O)CCC(=O)O)CC2)cc1. The molecule has 1 fully saturated rings. The third-order valence-electron chi connectivity index (χ3n) is 4.20. The van der Waals surface area contributed by atoms with E-state index in [1.807, 2.05) is 12.1 Å². The Labute approximate surface area is 130 Å². The van der Waals surface area contributed by atoms with Crippen molar-refractivity contribution >= 4 is 11.9 Å². The van der Waals surface area contributed by atoms with Gasteiger partial charge in [-0.25, -0.2) is 0 Å². The molecule has 0 unspecified atom stereocenters. The lowest BCUT2D eigenvalue weighted by atomic mass is 9.90. The van der Waals surface area contributed by atoms with Gasteiger partial charge < -0.3 is 14.7 Å². The maximum Gasteiger partial charge on any atom is 0.303 e. The fraction of sp³-hybridized carbons (Fsp3) is 0.529. The quantitative estimate of drug-likeness (QED) is 0.876. The lowest BCUT2D eigenvalue weighted by Gasteiger charge is -2.32. The molecule has 1 heterocycles. The summed E-state index contributed by atoms with van der Waals surface area (Å²) in [6.45, 7) is 1.47. The fourth-order valence-electron chi connectivity index (χ4n) is 2.85. The number of piperidine rings is 1. The minimum absolute atomic E-state index is 0.0368. The first kappa shape index (κ1) is 16.3. The minimum atomic E-state index is -0.914. The van der Waals surface area contributed by atoms with E-state index in [9.17, 15) is 9.59 Å². The Morgan fingerprint density at radius 2 is 1.82 bits per heavy atom. The first-order valence-electron chi connectivity index (χ1n) is 7.71. The van der Waals surface area contributed by atoms with Gasteiger partial charge in [-0.3, -0.25) is 9.59 Å². The molecule has 0 spiro atoms. The number of aliphatic carboxylic acids is 1. The summed E-state index contributed by atoms with van der Waals surface area (Å²) in [5, 5.41) is 8.62. The Kier molecular flexibility index (Phi) is 5.81. The molecule has 5 heteroatoms. The molecule has 2 rings (SSSR count). The highest BCUT2D eigenvalue weighted by molar-refractivity contribution is 5.80. The summed E-state index contributed by atoms with van der Waals surface area (Å²) in [7, 11) is 1.66. The summed E-state index contributed by atoms with van der Waals surface area (Å²) in [6, 6.07) is 8.12. The highest BCUT2D eigenvalue weighted by Gasteiger charge is 2.23. The Bertz CT molecular complexity index is 504. The van der Waals surface area contributed by atoms with E-state index in [0.717, 1.165) is 38.1 Å². The molecular formula is C17H23NO4. The second-order valence-corrected chi connectivity index (χ2v) is 5.77. The van der Waals surface area contributed by atoms with E-state index >= 15 is 0 Å². The van der Waals surface area contributed by atoms with Gasteiger partial charge in [0, 0.05) is 19.5 Å². The molecule has 5 nitrogen and oxygen atoms in total. The predicted octanol–water partition coefficient (Wildman–Crippen LogP) is 2.34. The molecule has 0 aromatic heterocycles. The van der Waals surface area contributed by atoms with Crippen LogP contribution in [0.4, 0.5) is 0 Å². The van der Waals surface area contributed by atoms with Crippen molar-refractivity contribution in [1.82, 2.24) is 4.90 Å². The average molecular weight is 305 g/mol. The standard InChI is InChI=1S/C17H23NO4/c1-22-15-4-2-13(3-5-15)12-14-8-10-18(11-9-14)16(19)6-7-17(20)21/h2-5,14H,6-12H2,1H3,(H,20,21). The Balaban J connectivity index is 1.76. The molecule has 1 aromatic rings. The zero-order valence-corrected chi connectivity index (χ0v) is 13.0. The molecule has 1 amide bonds. The highest BCUT2D eigenvalue weighted by Crippen LogP contribution is 2.23. The van der Waals surface area contributed by atoms with Crippen LogP contribution in [-0.4, -0.2) is 42.1 Å². The molecular weight excluding hydrogens is 282 g/mol. The molecule has 1 saturated heterocycles. The van der Waals surface area contributed by atoms with Gasteiger partial charge in [-0.15, -0.1) is 0 Å². The molecule has 0 aliphatic carbocycles. The topological polar surface area (TPSA) is 66.8 Å². The number of carbonyl (C=O) groups excluding carboxylic acids is 1. The van der Waals surface area contributed by atoms with Crippen molar-refractivity contribution in [2.24, 2.45) is 5.92 Å². The van der Waals surface area contributed by atoms with E-state index < -0.39 is 5.97 Å². The molecule has 0 bridgehead atoms. The summed E-state index contributed by atoms with van der Waals surface area (Å²) >= 11 is 0. The molecule has 1 N–H and O–H groups in total. The second kappa shape index (κ2) is 7.82. The van der Waals surface area contributed by atoms with Crippen molar-refractivity contribution in [3.8, 4) is 5.75 Å². The van der Waals surface area contributed by atoms with Crippen molar-refractivity contribution in [3.63, 3.8) is 0 Å². The smallest absolute Gasteiger partial charge is 0.303 e. The molecule has 0 atom stereocenters. The van der Waals surface area contributed by atoms with Crippen molar-refractivity contribution in [2.45, 2.75) is 32.1 Å². The summed E-state index contributed by atoms with van der Waals surface area (Å²) in [5.41, 5.74) is 1.29. The van der Waals surface area contributed by atoms with Gasteiger partial charge in [-0.05, 0) is 42.9 Å². The van der Waals surface area contributed by atoms with Crippen LogP contribution >= 0.6 is 0 Å². The third kappa shape index (κ3) is 4.76. The number of likely N-dealkylation sites (tertiary alicyclic amines) is 1. The van der Waals surface area contributed by atoms with Gasteiger partial charge in [-0.1, -0.05) is 12.1 Å². The number of methoxy groups -OCH3 is 1. The zero-order chi connectivity index (χ0) is 15.9. The first-order valence-corrected chi connectivity index (χ1v) is 7.71. The van der Waals surface area contributed by atoms with Crippen molar-refractivity contribution < 1.29 is 19.4 Å². The molecule has 1 aromatic carbocycles. The largest absolute Gasteiger partial charge is 0.497 e. The van der Waals surface area contributed by atoms with E-state index in [0.29, 0.717) is 5.92 Å². The number of nitrogens with zero attached hydrogens (tertiary/aromatic N) is 1. The van der Waals surface area contributed by atoms with Crippen LogP contribution in [0, 0.1) is 5.92 Å². The number of carboxylic acid groups (broad SMARTS) is 1. The minimum Gasteiger partial charge on any atom is -0.497 e. The molecule has 0 saturated carbocycles. The summed E-state index contributed by atoms with van der Waals surface area (Å²) in [4.78, 5) is 24.2. The number of rotatable bonds is 6. The van der Waals surface area contributed by atoms with E-state index in [-0.39, 0.29) is 18.7 Å². The summed E-state index contributed by atoms with van der Waals surface area (Å²) in [5.74, 6) is 0.493. The number of ether oxygens (including phenoxy) is 1. The molecule has 1 aliphatic heterocycles. The lowest BCUT2D eigenvalue weighted by molar-refractivity contribution is -0.141. The number of hydrogen-bond acceptors (Lipinski definition) is 3. The maximum atomic E-state index is 11.9. The number of carbonyl (C=O) groups is 2. The predicted molar refractivity (Wildman–Crippen MR) is 82.9 cm³/mol. The normalized spacial score (nSPS) is 15.6. The fourth-order valence-corrected chi connectivity index (χ4v) is 2.85. The molecule has 0 radical (unpaired) electrons. The van der Waals surface area contributed by atoms with Crippen molar-refractivity contribution in [2.75, 3.05) is 20.2 Å². The number of benzene rings is 1. The van der Waals surface area contributed by atoms with Crippen LogP contribution in [-0.2, 0) is 16.0 Å². The van der Waals surface area contributed by atoms with Crippen LogP contribution in [0.2, 0.25) is 0 Å².